The van der Waals surface area contributed by atoms with E-state index in [0.29, 0.717) is 32.5 Å². The topological polar surface area (TPSA) is 66.5 Å². The van der Waals surface area contributed by atoms with Crippen molar-refractivity contribution in [3.63, 3.8) is 0 Å². The summed E-state index contributed by atoms with van der Waals surface area (Å²) in [5.74, 6) is -0.423. The molecule has 5 nitrogen and oxygen atoms in total. The standard InChI is InChI=1S/C21H25FN2O3S/c1-16-3-9-19(10-4-16)28(26,27)24-13-11-21(2,12-14-24)20(25)23-15-17-5-7-18(22)8-6-17/h3-10H,11-15H2,1-2H3,(H,23,25). The first kappa shape index (κ1) is 20.5. The Kier molecular flexibility index (Phi) is 5.86. The van der Waals surface area contributed by atoms with Gasteiger partial charge in [0.2, 0.25) is 15.9 Å². The molecule has 0 bridgehead atoms. The highest BCUT2D eigenvalue weighted by molar-refractivity contribution is 7.89. The normalized spacial score (nSPS) is 17.2. The lowest BCUT2D eigenvalue weighted by Gasteiger charge is -2.37. The lowest BCUT2D eigenvalue weighted by Crippen LogP contribution is -2.48. The summed E-state index contributed by atoms with van der Waals surface area (Å²) in [7, 11) is -3.55. The molecule has 1 N–H and O–H groups in total. The Morgan fingerprint density at radius 2 is 1.64 bits per heavy atom. The number of rotatable bonds is 5. The molecule has 28 heavy (non-hydrogen) atoms. The van der Waals surface area contributed by atoms with Gasteiger partial charge in [-0.15, -0.1) is 0 Å². The Labute approximate surface area is 165 Å². The molecule has 0 radical (unpaired) electrons. The first-order valence-corrected chi connectivity index (χ1v) is 10.7. The Balaban J connectivity index is 1.60. The highest BCUT2D eigenvalue weighted by atomic mass is 32.2. The first-order chi connectivity index (χ1) is 13.2. The van der Waals surface area contributed by atoms with Gasteiger partial charge in [-0.1, -0.05) is 36.8 Å². The van der Waals surface area contributed by atoms with Gasteiger partial charge in [0.05, 0.1) is 4.90 Å². The minimum absolute atomic E-state index is 0.107. The van der Waals surface area contributed by atoms with Gasteiger partial charge in [-0.3, -0.25) is 4.79 Å². The molecular formula is C21H25FN2O3S. The molecule has 2 aromatic carbocycles. The number of nitrogens with zero attached hydrogens (tertiary/aromatic N) is 1. The van der Waals surface area contributed by atoms with E-state index < -0.39 is 15.4 Å². The number of amides is 1. The van der Waals surface area contributed by atoms with Crippen molar-refractivity contribution < 1.29 is 17.6 Å². The minimum Gasteiger partial charge on any atom is -0.352 e. The first-order valence-electron chi connectivity index (χ1n) is 9.30. The molecule has 1 saturated heterocycles. The maximum Gasteiger partial charge on any atom is 0.243 e. The molecule has 7 heteroatoms. The molecule has 0 aromatic heterocycles. The van der Waals surface area contributed by atoms with E-state index in [1.165, 1.54) is 16.4 Å². The predicted molar refractivity (Wildman–Crippen MR) is 106 cm³/mol. The van der Waals surface area contributed by atoms with Crippen molar-refractivity contribution in [2.75, 3.05) is 13.1 Å². The number of piperidine rings is 1. The monoisotopic (exact) mass is 404 g/mol. The molecule has 0 saturated carbocycles. The zero-order valence-electron chi connectivity index (χ0n) is 16.1. The average molecular weight is 405 g/mol. The van der Waals surface area contributed by atoms with E-state index in [1.54, 1.807) is 36.4 Å². The average Bonchev–Trinajstić information content (AvgIpc) is 2.68. The molecule has 150 valence electrons. The van der Waals surface area contributed by atoms with Crippen molar-refractivity contribution in [2.45, 2.75) is 38.1 Å². The summed E-state index contributed by atoms with van der Waals surface area (Å²) < 4.78 is 40.0. The van der Waals surface area contributed by atoms with Gasteiger partial charge >= 0.3 is 0 Å². The van der Waals surface area contributed by atoms with E-state index >= 15 is 0 Å². The number of hydrogen-bond acceptors (Lipinski definition) is 3. The number of carbonyl (C=O) groups excluding carboxylic acids is 1. The fraction of sp³-hybridized carbons (Fsp3) is 0.381. The van der Waals surface area contributed by atoms with Gasteiger partial charge in [0.25, 0.3) is 0 Å². The molecule has 1 aliphatic heterocycles. The molecule has 0 spiro atoms. The zero-order valence-corrected chi connectivity index (χ0v) is 16.9. The second kappa shape index (κ2) is 8.01. The summed E-state index contributed by atoms with van der Waals surface area (Å²) in [5.41, 5.74) is 1.19. The number of halogens is 1. The molecule has 0 aliphatic carbocycles. The summed E-state index contributed by atoms with van der Waals surface area (Å²) in [6, 6.07) is 12.8. The number of sulfonamides is 1. The lowest BCUT2D eigenvalue weighted by molar-refractivity contribution is -0.132. The smallest absolute Gasteiger partial charge is 0.243 e. The van der Waals surface area contributed by atoms with Crippen LogP contribution in [0.2, 0.25) is 0 Å². The molecule has 3 rings (SSSR count). The maximum atomic E-state index is 13.0. The number of aryl methyl sites for hydroxylation is 1. The third-order valence-corrected chi connectivity index (χ3v) is 7.31. The van der Waals surface area contributed by atoms with Gasteiger partial charge in [0.15, 0.2) is 0 Å². The molecule has 0 unspecified atom stereocenters. The Morgan fingerprint density at radius 3 is 2.21 bits per heavy atom. The fourth-order valence-electron chi connectivity index (χ4n) is 3.30. The quantitative estimate of drug-likeness (QED) is 0.832. The SMILES string of the molecule is Cc1ccc(S(=O)(=O)N2CCC(C)(C(=O)NCc3ccc(F)cc3)CC2)cc1. The van der Waals surface area contributed by atoms with Crippen molar-refractivity contribution >= 4 is 15.9 Å². The summed E-state index contributed by atoms with van der Waals surface area (Å²) in [6.45, 7) is 4.70. The van der Waals surface area contributed by atoms with E-state index in [4.69, 9.17) is 0 Å². The van der Waals surface area contributed by atoms with Crippen molar-refractivity contribution in [2.24, 2.45) is 5.41 Å². The van der Waals surface area contributed by atoms with Crippen molar-refractivity contribution in [3.8, 4) is 0 Å². The van der Waals surface area contributed by atoms with E-state index in [1.807, 2.05) is 13.8 Å². The summed E-state index contributed by atoms with van der Waals surface area (Å²) >= 11 is 0. The Hall–Kier alpha value is -2.25. The van der Waals surface area contributed by atoms with Crippen LogP contribution in [0.4, 0.5) is 4.39 Å². The Morgan fingerprint density at radius 1 is 1.07 bits per heavy atom. The van der Waals surface area contributed by atoms with Crippen LogP contribution in [-0.2, 0) is 21.4 Å². The third-order valence-electron chi connectivity index (χ3n) is 5.40. The summed E-state index contributed by atoms with van der Waals surface area (Å²) in [4.78, 5) is 13.0. The number of hydrogen-bond donors (Lipinski definition) is 1. The Bertz CT molecular complexity index is 933. The zero-order chi connectivity index (χ0) is 20.4. The van der Waals surface area contributed by atoms with Crippen LogP contribution in [0.25, 0.3) is 0 Å². The molecular weight excluding hydrogens is 379 g/mol. The summed E-state index contributed by atoms with van der Waals surface area (Å²) in [5, 5.41) is 2.89. The van der Waals surface area contributed by atoms with Crippen LogP contribution >= 0.6 is 0 Å². The van der Waals surface area contributed by atoms with Crippen LogP contribution in [0, 0.1) is 18.2 Å². The van der Waals surface area contributed by atoms with Crippen LogP contribution in [0.3, 0.4) is 0 Å². The van der Waals surface area contributed by atoms with Gasteiger partial charge in [0.1, 0.15) is 5.82 Å². The van der Waals surface area contributed by atoms with Crippen LogP contribution in [0.15, 0.2) is 53.4 Å². The van der Waals surface area contributed by atoms with E-state index in [2.05, 4.69) is 5.32 Å². The second-order valence-electron chi connectivity index (χ2n) is 7.59. The van der Waals surface area contributed by atoms with Gasteiger partial charge in [-0.2, -0.15) is 4.31 Å². The van der Waals surface area contributed by atoms with Gasteiger partial charge in [-0.25, -0.2) is 12.8 Å². The van der Waals surface area contributed by atoms with E-state index in [-0.39, 0.29) is 16.6 Å². The largest absolute Gasteiger partial charge is 0.352 e. The van der Waals surface area contributed by atoms with E-state index in [9.17, 15) is 17.6 Å². The summed E-state index contributed by atoms with van der Waals surface area (Å²) in [6.07, 6.45) is 0.903. The van der Waals surface area contributed by atoms with Gasteiger partial charge < -0.3 is 5.32 Å². The van der Waals surface area contributed by atoms with E-state index in [0.717, 1.165) is 11.1 Å². The van der Waals surface area contributed by atoms with Crippen LogP contribution in [0.1, 0.15) is 30.9 Å². The maximum absolute atomic E-state index is 13.0. The number of benzene rings is 2. The number of carbonyl (C=O) groups is 1. The molecule has 2 aromatic rings. The molecule has 1 fully saturated rings. The van der Waals surface area contributed by atoms with Crippen molar-refractivity contribution in [1.82, 2.24) is 9.62 Å². The molecule has 0 atom stereocenters. The van der Waals surface area contributed by atoms with Gasteiger partial charge in [0, 0.05) is 25.0 Å². The van der Waals surface area contributed by atoms with Crippen LogP contribution in [0.5, 0.6) is 0 Å². The molecule has 1 heterocycles. The van der Waals surface area contributed by atoms with Crippen LogP contribution in [-0.4, -0.2) is 31.7 Å². The second-order valence-corrected chi connectivity index (χ2v) is 9.52. The van der Waals surface area contributed by atoms with Crippen molar-refractivity contribution in [1.29, 1.82) is 0 Å². The highest BCUT2D eigenvalue weighted by Crippen LogP contribution is 2.33. The highest BCUT2D eigenvalue weighted by Gasteiger charge is 2.40. The van der Waals surface area contributed by atoms with Gasteiger partial charge in [-0.05, 0) is 49.6 Å². The fourth-order valence-corrected chi connectivity index (χ4v) is 4.75. The molecule has 1 aliphatic rings. The predicted octanol–water partition coefficient (Wildman–Crippen LogP) is 3.24. The number of nitrogens with one attached hydrogen (secondary N) is 1. The third kappa shape index (κ3) is 4.42. The van der Waals surface area contributed by atoms with Crippen molar-refractivity contribution in [3.05, 3.63) is 65.5 Å². The molecule has 1 amide bonds. The lowest BCUT2D eigenvalue weighted by atomic mass is 9.80. The van der Waals surface area contributed by atoms with Crippen LogP contribution < -0.4 is 5.32 Å². The minimum atomic E-state index is -3.55.